The second kappa shape index (κ2) is 15.7. The minimum Gasteiger partial charge on any atom is -0.387 e. The molecule has 0 bridgehead atoms. The summed E-state index contributed by atoms with van der Waals surface area (Å²) in [6.07, 6.45) is 0.107. The molecule has 15 nitrogen and oxygen atoms in total. The Morgan fingerprint density at radius 1 is 0.685 bits per heavy atom. The predicted octanol–water partition coefficient (Wildman–Crippen LogP) is 5.45. The number of benzene rings is 2. The first kappa shape index (κ1) is 36.6. The molecule has 54 heavy (non-hydrogen) atoms. The van der Waals surface area contributed by atoms with Crippen molar-refractivity contribution in [1.82, 2.24) is 39.0 Å². The largest absolute Gasteiger partial charge is 0.387 e. The first-order chi connectivity index (χ1) is 26.2. The van der Waals surface area contributed by atoms with Gasteiger partial charge in [-0.2, -0.15) is 0 Å². The normalized spacial score (nSPS) is 25.0. The van der Waals surface area contributed by atoms with Gasteiger partial charge in [0.1, 0.15) is 18.8 Å². The average molecular weight is 741 g/mol. The summed E-state index contributed by atoms with van der Waals surface area (Å²) in [7, 11) is 0. The number of aromatic nitrogens is 8. The summed E-state index contributed by atoms with van der Waals surface area (Å²) in [5.41, 5.74) is 2.42. The number of imidazole rings is 2. The van der Waals surface area contributed by atoms with E-state index in [4.69, 9.17) is 9.47 Å². The highest BCUT2D eigenvalue weighted by molar-refractivity contribution is 6.07. The predicted molar refractivity (Wildman–Crippen MR) is 193 cm³/mol. The van der Waals surface area contributed by atoms with Gasteiger partial charge in [0.05, 0.1) is 24.9 Å². The van der Waals surface area contributed by atoms with Crippen LogP contribution in [0, 0.1) is 5.92 Å². The van der Waals surface area contributed by atoms with Gasteiger partial charge in [-0.25, -0.2) is 38.7 Å². The van der Waals surface area contributed by atoms with Crippen molar-refractivity contribution in [2.75, 3.05) is 10.6 Å². The number of alkyl halides is 2. The van der Waals surface area contributed by atoms with Crippen LogP contribution in [-0.2, 0) is 9.47 Å². The minimum atomic E-state index is -1.61. The Hall–Kier alpha value is -5.78. The molecule has 2 unspecified atom stereocenters. The first-order valence-electron chi connectivity index (χ1n) is 17.5. The molecule has 0 spiro atoms. The third-order valence-electron chi connectivity index (χ3n) is 9.58. The van der Waals surface area contributed by atoms with Gasteiger partial charge >= 0.3 is 0 Å². The van der Waals surface area contributed by atoms with E-state index in [0.29, 0.717) is 39.9 Å². The van der Waals surface area contributed by atoms with Crippen molar-refractivity contribution >= 4 is 45.8 Å². The molecule has 8 atom stereocenters. The van der Waals surface area contributed by atoms with Crippen LogP contribution in [-0.4, -0.2) is 86.6 Å². The van der Waals surface area contributed by atoms with E-state index in [-0.39, 0.29) is 35.5 Å². The molecule has 2 aromatic carbocycles. The molecule has 0 saturated carbocycles. The zero-order chi connectivity index (χ0) is 37.9. The highest BCUT2D eigenvalue weighted by Gasteiger charge is 2.45. The van der Waals surface area contributed by atoms with Crippen molar-refractivity contribution < 1.29 is 33.0 Å². The number of amides is 2. The van der Waals surface area contributed by atoms with E-state index in [2.05, 4.69) is 40.5 Å². The van der Waals surface area contributed by atoms with Gasteiger partial charge in [-0.15, -0.1) is 0 Å². The van der Waals surface area contributed by atoms with Crippen LogP contribution in [0.3, 0.4) is 0 Å². The molecule has 3 N–H and O–H groups in total. The Balaban J connectivity index is 0.000000167. The molecule has 2 aliphatic heterocycles. The van der Waals surface area contributed by atoms with Gasteiger partial charge in [0, 0.05) is 17.0 Å². The lowest BCUT2D eigenvalue weighted by Crippen LogP contribution is -2.27. The zero-order valence-corrected chi connectivity index (χ0v) is 29.5. The molecule has 17 heteroatoms. The van der Waals surface area contributed by atoms with Gasteiger partial charge in [0.25, 0.3) is 11.8 Å². The second-order valence-electron chi connectivity index (χ2n) is 12.9. The quantitative estimate of drug-likeness (QED) is 0.180. The Morgan fingerprint density at radius 2 is 1.13 bits per heavy atom. The number of fused-ring (bicyclic) bond motifs is 2. The number of carbonyl (C=O) groups is 2. The van der Waals surface area contributed by atoms with Crippen LogP contribution in [0.4, 0.5) is 20.4 Å². The van der Waals surface area contributed by atoms with Crippen LogP contribution in [0.1, 0.15) is 66.8 Å². The van der Waals surface area contributed by atoms with Crippen molar-refractivity contribution in [3.63, 3.8) is 0 Å². The lowest BCUT2D eigenvalue weighted by atomic mass is 10.00. The minimum absolute atomic E-state index is 0.151. The number of rotatable bonds is 8. The molecular formula is C37H38F2N10O5. The molecule has 6 heterocycles. The molecule has 2 amide bonds. The van der Waals surface area contributed by atoms with Crippen LogP contribution in [0.25, 0.3) is 22.3 Å². The molecule has 2 fully saturated rings. The Morgan fingerprint density at radius 3 is 1.56 bits per heavy atom. The summed E-state index contributed by atoms with van der Waals surface area (Å²) < 4.78 is 43.8. The number of aliphatic hydroxyl groups excluding tert-OH is 1. The number of ether oxygens (including phenoxy) is 2. The van der Waals surface area contributed by atoms with E-state index in [0.717, 1.165) is 6.42 Å². The number of aliphatic hydroxyl groups is 1. The van der Waals surface area contributed by atoms with E-state index in [1.165, 1.54) is 29.9 Å². The summed E-state index contributed by atoms with van der Waals surface area (Å²) in [4.78, 5) is 49.9. The fraction of sp³-hybridized carbons (Fsp3) is 0.351. The number of anilines is 2. The van der Waals surface area contributed by atoms with Gasteiger partial charge in [-0.05, 0) is 37.1 Å². The fourth-order valence-corrected chi connectivity index (χ4v) is 6.59. The number of nitrogens with one attached hydrogen (secondary N) is 2. The topological polar surface area (TPSA) is 184 Å². The van der Waals surface area contributed by atoms with E-state index >= 15 is 0 Å². The third-order valence-corrected chi connectivity index (χ3v) is 9.58. The summed E-state index contributed by atoms with van der Waals surface area (Å²) in [5, 5.41) is 15.4. The van der Waals surface area contributed by atoms with Crippen LogP contribution >= 0.6 is 0 Å². The van der Waals surface area contributed by atoms with Gasteiger partial charge < -0.3 is 25.2 Å². The molecule has 2 aliphatic rings. The maximum atomic E-state index is 14.8. The van der Waals surface area contributed by atoms with Gasteiger partial charge in [0.15, 0.2) is 58.8 Å². The standard InChI is InChI=1S/C19H20FN5O2.C18H18FN5O3/c1-3-13-11(2)14(20)19(27-13)25-10-23-15-16(21-9-22-17(15)25)24-18(26)12-7-5-4-6-8-12;1-2-11-14(25)12(19)18(27-11)24-9-22-13-15(20-8-21-16(13)24)23-17(26)10-6-4-3-5-7-10/h4-11,13-14,19H,3H2,1-2H3,(H,21,22,24,26);3-9,11-12,14,18,25H,2H2,1H3,(H,20,21,23,26)/t11?,13-,14+,19-;11-,12+,14?,18-/m11/s1. The first-order valence-corrected chi connectivity index (χ1v) is 17.5. The Labute approximate surface area is 307 Å². The molecule has 0 aliphatic carbocycles. The summed E-state index contributed by atoms with van der Waals surface area (Å²) in [6.45, 7) is 5.63. The van der Waals surface area contributed by atoms with Crippen molar-refractivity contribution in [3.05, 3.63) is 97.1 Å². The fourth-order valence-electron chi connectivity index (χ4n) is 6.59. The van der Waals surface area contributed by atoms with Crippen LogP contribution in [0.15, 0.2) is 86.0 Å². The lowest BCUT2D eigenvalue weighted by molar-refractivity contribution is -0.0238. The number of hydrogen-bond acceptors (Lipinski definition) is 11. The van der Waals surface area contributed by atoms with Gasteiger partial charge in [0.2, 0.25) is 0 Å². The third kappa shape index (κ3) is 7.00. The van der Waals surface area contributed by atoms with Crippen molar-refractivity contribution in [2.24, 2.45) is 5.92 Å². The van der Waals surface area contributed by atoms with E-state index < -0.39 is 37.0 Å². The van der Waals surface area contributed by atoms with Crippen LogP contribution < -0.4 is 10.6 Å². The molecule has 2 saturated heterocycles. The summed E-state index contributed by atoms with van der Waals surface area (Å²) in [5.74, 6) is -0.358. The number of nitrogens with zero attached hydrogens (tertiary/aromatic N) is 8. The molecule has 4 aromatic heterocycles. The zero-order valence-electron chi connectivity index (χ0n) is 29.5. The second-order valence-corrected chi connectivity index (χ2v) is 12.9. The Bertz CT molecular complexity index is 2080. The lowest BCUT2D eigenvalue weighted by Gasteiger charge is -2.15. The molecule has 6 aromatic rings. The SMILES string of the molecule is CC[C@H]1O[C@@H](n2cnc3c(NC(=O)c4ccccc4)ncnc32)[C@@H](F)C1C.CC[C@H]1O[C@@H](n2cnc3c(NC(=O)c4ccccc4)ncnc32)[C@@H](F)C1O. The highest BCUT2D eigenvalue weighted by atomic mass is 19.1. The van der Waals surface area contributed by atoms with E-state index in [9.17, 15) is 23.5 Å². The van der Waals surface area contributed by atoms with E-state index in [1.807, 2.05) is 32.9 Å². The smallest absolute Gasteiger partial charge is 0.256 e. The van der Waals surface area contributed by atoms with Crippen LogP contribution in [0.5, 0.6) is 0 Å². The maximum absolute atomic E-state index is 14.8. The van der Waals surface area contributed by atoms with Crippen molar-refractivity contribution in [2.45, 2.75) is 76.7 Å². The number of halogens is 2. The summed E-state index contributed by atoms with van der Waals surface area (Å²) in [6, 6.07) is 17.5. The average Bonchev–Trinajstić information content (AvgIpc) is 3.97. The number of carbonyl (C=O) groups excluding carboxylic acids is 2. The van der Waals surface area contributed by atoms with E-state index in [1.54, 1.807) is 53.1 Å². The Kier molecular flexibility index (Phi) is 10.6. The van der Waals surface area contributed by atoms with Crippen molar-refractivity contribution in [3.8, 4) is 0 Å². The highest BCUT2D eigenvalue weighted by Crippen LogP contribution is 2.39. The van der Waals surface area contributed by atoms with Gasteiger partial charge in [-0.1, -0.05) is 57.2 Å². The van der Waals surface area contributed by atoms with Gasteiger partial charge in [-0.3, -0.25) is 18.7 Å². The number of hydrogen-bond donors (Lipinski definition) is 3. The molecule has 8 rings (SSSR count). The molecule has 0 radical (unpaired) electrons. The monoisotopic (exact) mass is 740 g/mol. The maximum Gasteiger partial charge on any atom is 0.256 e. The molecular weight excluding hydrogens is 702 g/mol. The summed E-state index contributed by atoms with van der Waals surface area (Å²) >= 11 is 0. The van der Waals surface area contributed by atoms with Crippen LogP contribution in [0.2, 0.25) is 0 Å². The molecule has 280 valence electrons. The van der Waals surface area contributed by atoms with Crippen molar-refractivity contribution in [1.29, 1.82) is 0 Å².